The maximum Gasteiger partial charge on any atom is 0.190 e. The summed E-state index contributed by atoms with van der Waals surface area (Å²) >= 11 is 0. The zero-order valence-corrected chi connectivity index (χ0v) is 13.3. The molecule has 5 nitrogen and oxygen atoms in total. The minimum absolute atomic E-state index is 0.507. The van der Waals surface area contributed by atoms with Crippen LogP contribution in [0.4, 0.5) is 5.69 Å². The SMILES string of the molecule is CN=C(NC)NCC(C)N1CCN(c2ccccc2)CC1. The number of anilines is 1. The second-order valence-corrected chi connectivity index (χ2v) is 5.41. The maximum atomic E-state index is 4.14. The molecule has 1 fully saturated rings. The Morgan fingerprint density at radius 1 is 1.19 bits per heavy atom. The summed E-state index contributed by atoms with van der Waals surface area (Å²) in [5.74, 6) is 0.852. The molecule has 1 saturated heterocycles. The minimum Gasteiger partial charge on any atom is -0.369 e. The number of para-hydroxylation sites is 1. The van der Waals surface area contributed by atoms with Crippen LogP contribution in [-0.2, 0) is 0 Å². The third-order valence-electron chi connectivity index (χ3n) is 4.08. The molecule has 0 radical (unpaired) electrons. The zero-order chi connectivity index (χ0) is 15.1. The van der Waals surface area contributed by atoms with Gasteiger partial charge in [-0.2, -0.15) is 0 Å². The number of piperazine rings is 1. The molecule has 0 aromatic heterocycles. The van der Waals surface area contributed by atoms with Crippen molar-refractivity contribution >= 4 is 11.6 Å². The third kappa shape index (κ3) is 4.36. The number of guanidine groups is 1. The van der Waals surface area contributed by atoms with Crippen LogP contribution in [0.15, 0.2) is 35.3 Å². The van der Waals surface area contributed by atoms with Crippen molar-refractivity contribution in [2.75, 3.05) is 51.7 Å². The van der Waals surface area contributed by atoms with E-state index in [9.17, 15) is 0 Å². The number of benzene rings is 1. The smallest absolute Gasteiger partial charge is 0.190 e. The van der Waals surface area contributed by atoms with E-state index in [0.29, 0.717) is 6.04 Å². The predicted octanol–water partition coefficient (Wildman–Crippen LogP) is 0.992. The van der Waals surface area contributed by atoms with Crippen molar-refractivity contribution in [2.45, 2.75) is 13.0 Å². The first-order valence-corrected chi connectivity index (χ1v) is 7.67. The van der Waals surface area contributed by atoms with Crippen LogP contribution < -0.4 is 15.5 Å². The zero-order valence-electron chi connectivity index (χ0n) is 13.3. The first-order valence-electron chi connectivity index (χ1n) is 7.67. The molecule has 0 spiro atoms. The van der Waals surface area contributed by atoms with E-state index in [0.717, 1.165) is 38.7 Å². The summed E-state index contributed by atoms with van der Waals surface area (Å²) in [4.78, 5) is 9.14. The second kappa shape index (κ2) is 7.88. The van der Waals surface area contributed by atoms with Crippen LogP contribution in [-0.4, -0.2) is 63.7 Å². The van der Waals surface area contributed by atoms with Gasteiger partial charge >= 0.3 is 0 Å². The van der Waals surface area contributed by atoms with Crippen LogP contribution in [0.3, 0.4) is 0 Å². The van der Waals surface area contributed by atoms with E-state index < -0.39 is 0 Å². The van der Waals surface area contributed by atoms with E-state index in [1.54, 1.807) is 7.05 Å². The molecule has 1 aliphatic heterocycles. The van der Waals surface area contributed by atoms with Gasteiger partial charge < -0.3 is 15.5 Å². The molecular formula is C16H27N5. The Bertz CT molecular complexity index is 437. The van der Waals surface area contributed by atoms with Gasteiger partial charge in [0.05, 0.1) is 0 Å². The molecule has 1 aromatic rings. The van der Waals surface area contributed by atoms with Crippen molar-refractivity contribution in [3.63, 3.8) is 0 Å². The summed E-state index contributed by atoms with van der Waals surface area (Å²) in [6, 6.07) is 11.2. The van der Waals surface area contributed by atoms with E-state index in [2.05, 4.69) is 62.7 Å². The lowest BCUT2D eigenvalue weighted by atomic mass is 10.2. The van der Waals surface area contributed by atoms with E-state index in [1.807, 2.05) is 7.05 Å². The monoisotopic (exact) mass is 289 g/mol. The average molecular weight is 289 g/mol. The summed E-state index contributed by atoms with van der Waals surface area (Å²) in [5.41, 5.74) is 1.33. The molecule has 1 heterocycles. The molecule has 2 N–H and O–H groups in total. The Balaban J connectivity index is 1.78. The van der Waals surface area contributed by atoms with Gasteiger partial charge in [-0.3, -0.25) is 9.89 Å². The highest BCUT2D eigenvalue weighted by Gasteiger charge is 2.21. The number of hydrogen-bond acceptors (Lipinski definition) is 3. The molecule has 1 aliphatic rings. The van der Waals surface area contributed by atoms with Gasteiger partial charge in [0.25, 0.3) is 0 Å². The molecule has 0 saturated carbocycles. The van der Waals surface area contributed by atoms with Gasteiger partial charge in [-0.1, -0.05) is 18.2 Å². The standard InChI is InChI=1S/C16H27N5/c1-14(13-19-16(17-2)18-3)20-9-11-21(12-10-20)15-7-5-4-6-8-15/h4-8,14H,9-13H2,1-3H3,(H2,17,18,19). The van der Waals surface area contributed by atoms with Gasteiger partial charge in [0.2, 0.25) is 0 Å². The highest BCUT2D eigenvalue weighted by Crippen LogP contribution is 2.16. The Hall–Kier alpha value is -1.75. The topological polar surface area (TPSA) is 42.9 Å². The quantitative estimate of drug-likeness (QED) is 0.641. The number of nitrogens with one attached hydrogen (secondary N) is 2. The fourth-order valence-corrected chi connectivity index (χ4v) is 2.71. The molecule has 5 heteroatoms. The molecule has 2 rings (SSSR count). The van der Waals surface area contributed by atoms with E-state index in [4.69, 9.17) is 0 Å². The molecule has 0 aliphatic carbocycles. The van der Waals surface area contributed by atoms with Crippen LogP contribution in [0.25, 0.3) is 0 Å². The van der Waals surface area contributed by atoms with Gasteiger partial charge in [0, 0.05) is 58.5 Å². The van der Waals surface area contributed by atoms with Crippen LogP contribution in [0.2, 0.25) is 0 Å². The summed E-state index contributed by atoms with van der Waals surface area (Å²) in [5, 5.41) is 6.39. The van der Waals surface area contributed by atoms with Gasteiger partial charge in [0.15, 0.2) is 5.96 Å². The maximum absolute atomic E-state index is 4.14. The highest BCUT2D eigenvalue weighted by molar-refractivity contribution is 5.79. The fourth-order valence-electron chi connectivity index (χ4n) is 2.71. The number of nitrogens with zero attached hydrogens (tertiary/aromatic N) is 3. The summed E-state index contributed by atoms with van der Waals surface area (Å²) in [6.45, 7) is 7.59. The molecule has 1 atom stereocenters. The van der Waals surface area contributed by atoms with Gasteiger partial charge in [0.1, 0.15) is 0 Å². The molecule has 0 amide bonds. The van der Waals surface area contributed by atoms with Crippen molar-refractivity contribution in [3.8, 4) is 0 Å². The van der Waals surface area contributed by atoms with E-state index in [-0.39, 0.29) is 0 Å². The summed E-state index contributed by atoms with van der Waals surface area (Å²) in [6.07, 6.45) is 0. The molecule has 21 heavy (non-hydrogen) atoms. The van der Waals surface area contributed by atoms with Crippen LogP contribution >= 0.6 is 0 Å². The first-order chi connectivity index (χ1) is 10.2. The van der Waals surface area contributed by atoms with Crippen molar-refractivity contribution in [1.82, 2.24) is 15.5 Å². The lowest BCUT2D eigenvalue weighted by Gasteiger charge is -2.39. The van der Waals surface area contributed by atoms with Crippen LogP contribution in [0.5, 0.6) is 0 Å². The number of rotatable bonds is 4. The number of hydrogen-bond donors (Lipinski definition) is 2. The molecule has 1 aromatic carbocycles. The second-order valence-electron chi connectivity index (χ2n) is 5.41. The van der Waals surface area contributed by atoms with E-state index in [1.165, 1.54) is 5.69 Å². The Morgan fingerprint density at radius 3 is 2.43 bits per heavy atom. The normalized spacial score (nSPS) is 18.4. The molecule has 0 bridgehead atoms. The van der Waals surface area contributed by atoms with Crippen LogP contribution in [0.1, 0.15) is 6.92 Å². The molecular weight excluding hydrogens is 262 g/mol. The van der Waals surface area contributed by atoms with Crippen molar-refractivity contribution in [3.05, 3.63) is 30.3 Å². The Morgan fingerprint density at radius 2 is 1.86 bits per heavy atom. The van der Waals surface area contributed by atoms with Crippen molar-refractivity contribution in [1.29, 1.82) is 0 Å². The van der Waals surface area contributed by atoms with Gasteiger partial charge in [-0.05, 0) is 19.1 Å². The molecule has 1 unspecified atom stereocenters. The fraction of sp³-hybridized carbons (Fsp3) is 0.562. The summed E-state index contributed by atoms with van der Waals surface area (Å²) in [7, 11) is 3.68. The Kier molecular flexibility index (Phi) is 5.87. The van der Waals surface area contributed by atoms with E-state index >= 15 is 0 Å². The summed E-state index contributed by atoms with van der Waals surface area (Å²) < 4.78 is 0. The minimum atomic E-state index is 0.507. The van der Waals surface area contributed by atoms with Crippen molar-refractivity contribution < 1.29 is 0 Å². The lowest BCUT2D eigenvalue weighted by molar-refractivity contribution is 0.197. The van der Waals surface area contributed by atoms with Crippen molar-refractivity contribution in [2.24, 2.45) is 4.99 Å². The number of aliphatic imine (C=N–C) groups is 1. The lowest BCUT2D eigenvalue weighted by Crippen LogP contribution is -2.53. The average Bonchev–Trinajstić information content (AvgIpc) is 2.56. The van der Waals surface area contributed by atoms with Crippen LogP contribution in [0, 0.1) is 0 Å². The Labute approximate surface area is 128 Å². The predicted molar refractivity (Wildman–Crippen MR) is 90.1 cm³/mol. The van der Waals surface area contributed by atoms with Gasteiger partial charge in [-0.25, -0.2) is 0 Å². The molecule has 116 valence electrons. The highest BCUT2D eigenvalue weighted by atomic mass is 15.3. The van der Waals surface area contributed by atoms with Gasteiger partial charge in [-0.15, -0.1) is 0 Å². The largest absolute Gasteiger partial charge is 0.369 e. The third-order valence-corrected chi connectivity index (χ3v) is 4.08. The first kappa shape index (κ1) is 15.6.